The lowest BCUT2D eigenvalue weighted by atomic mass is 9.89. The van der Waals surface area contributed by atoms with Crippen molar-refractivity contribution in [1.82, 2.24) is 24.5 Å². The van der Waals surface area contributed by atoms with Crippen LogP contribution in [-0.2, 0) is 30.7 Å². The summed E-state index contributed by atoms with van der Waals surface area (Å²) in [5.41, 5.74) is 2.41. The highest BCUT2D eigenvalue weighted by Crippen LogP contribution is 2.38. The molecule has 0 saturated carbocycles. The van der Waals surface area contributed by atoms with E-state index in [4.69, 9.17) is 4.74 Å². The molecule has 0 bridgehead atoms. The number of hydrogen-bond donors (Lipinski definition) is 1. The summed E-state index contributed by atoms with van der Waals surface area (Å²) in [7, 11) is 1.60. The molecule has 0 aliphatic heterocycles. The van der Waals surface area contributed by atoms with Crippen molar-refractivity contribution in [3.63, 3.8) is 0 Å². The molecule has 0 radical (unpaired) electrons. The summed E-state index contributed by atoms with van der Waals surface area (Å²) in [5, 5.41) is 8.32. The van der Waals surface area contributed by atoms with Crippen molar-refractivity contribution in [2.45, 2.75) is 39.3 Å². The van der Waals surface area contributed by atoms with Crippen molar-refractivity contribution in [2.24, 2.45) is 5.92 Å². The van der Waals surface area contributed by atoms with E-state index in [1.807, 2.05) is 24.3 Å². The van der Waals surface area contributed by atoms with Gasteiger partial charge in [-0.05, 0) is 48.4 Å². The van der Waals surface area contributed by atoms with Crippen LogP contribution >= 0.6 is 11.3 Å². The van der Waals surface area contributed by atoms with Crippen LogP contribution in [0.5, 0.6) is 5.75 Å². The van der Waals surface area contributed by atoms with Gasteiger partial charge in [0.05, 0.1) is 12.5 Å². The molecule has 31 heavy (non-hydrogen) atoms. The Labute approximate surface area is 182 Å². The first-order valence-electron chi connectivity index (χ1n) is 10.3. The third-order valence-corrected chi connectivity index (χ3v) is 6.96. The molecule has 160 valence electrons. The quantitative estimate of drug-likeness (QED) is 0.518. The Morgan fingerprint density at radius 2 is 2.26 bits per heavy atom. The molecule has 1 aliphatic carbocycles. The van der Waals surface area contributed by atoms with Crippen LogP contribution in [0.1, 0.15) is 29.3 Å². The van der Waals surface area contributed by atoms with Crippen LogP contribution in [0.15, 0.2) is 35.4 Å². The van der Waals surface area contributed by atoms with Crippen LogP contribution < -0.4 is 15.7 Å². The number of rotatable bonds is 5. The molecule has 1 N–H and O–H groups in total. The van der Waals surface area contributed by atoms with E-state index in [0.717, 1.165) is 40.8 Å². The third-order valence-electron chi connectivity index (χ3n) is 5.79. The second-order valence-corrected chi connectivity index (χ2v) is 9.12. The first-order chi connectivity index (χ1) is 15.0. The van der Waals surface area contributed by atoms with Crippen LogP contribution in [-0.4, -0.2) is 32.2 Å². The minimum atomic E-state index is -0.356. The highest BCUT2D eigenvalue weighted by Gasteiger charge is 2.24. The average Bonchev–Trinajstić information content (AvgIpc) is 3.29. The molecule has 1 aromatic carbocycles. The van der Waals surface area contributed by atoms with Gasteiger partial charge in [0.1, 0.15) is 23.5 Å². The van der Waals surface area contributed by atoms with Gasteiger partial charge < -0.3 is 10.1 Å². The van der Waals surface area contributed by atoms with Gasteiger partial charge >= 0.3 is 5.69 Å². The molecule has 4 aromatic rings. The first kappa shape index (κ1) is 19.7. The van der Waals surface area contributed by atoms with Crippen LogP contribution in [0.2, 0.25) is 0 Å². The summed E-state index contributed by atoms with van der Waals surface area (Å²) in [6.45, 7) is 2.47. The van der Waals surface area contributed by atoms with E-state index < -0.39 is 0 Å². The molecule has 3 heterocycles. The number of amides is 1. The van der Waals surface area contributed by atoms with Crippen molar-refractivity contribution < 1.29 is 9.53 Å². The Morgan fingerprint density at radius 1 is 1.39 bits per heavy atom. The number of methoxy groups -OCH3 is 1. The van der Waals surface area contributed by atoms with E-state index >= 15 is 0 Å². The maximum absolute atomic E-state index is 12.8. The number of carbonyl (C=O) groups excluding carboxylic acids is 1. The number of ether oxygens (including phenoxy) is 1. The standard InChI is InChI=1S/C22H23N5O3S/c1-13-6-7-16-17(8-13)31-21-19(16)20-25-27(22(29)26(20)12-24-21)11-18(28)23-10-14-4-3-5-15(9-14)30-2/h3-5,9,12-13H,6-8,10-11H2,1-2H3,(H,23,28). The minimum Gasteiger partial charge on any atom is -0.497 e. The average molecular weight is 438 g/mol. The smallest absolute Gasteiger partial charge is 0.352 e. The summed E-state index contributed by atoms with van der Waals surface area (Å²) in [4.78, 5) is 32.1. The van der Waals surface area contributed by atoms with Gasteiger partial charge in [-0.1, -0.05) is 19.1 Å². The molecular weight excluding hydrogens is 414 g/mol. The Bertz CT molecular complexity index is 1350. The number of benzene rings is 1. The first-order valence-corrected chi connectivity index (χ1v) is 11.1. The molecule has 8 nitrogen and oxygen atoms in total. The van der Waals surface area contributed by atoms with E-state index in [1.165, 1.54) is 25.9 Å². The van der Waals surface area contributed by atoms with Gasteiger partial charge in [-0.3, -0.25) is 4.79 Å². The molecule has 9 heteroatoms. The van der Waals surface area contributed by atoms with Gasteiger partial charge in [0.15, 0.2) is 5.65 Å². The Balaban J connectivity index is 1.41. The topological polar surface area (TPSA) is 90.5 Å². The van der Waals surface area contributed by atoms with Crippen molar-refractivity contribution in [3.8, 4) is 5.75 Å². The highest BCUT2D eigenvalue weighted by atomic mass is 32.1. The maximum Gasteiger partial charge on any atom is 0.352 e. The SMILES string of the molecule is COc1cccc(CNC(=O)Cn2nc3c4c5c(sc4ncn3c2=O)CC(C)CC5)c1. The predicted octanol–water partition coefficient (Wildman–Crippen LogP) is 2.56. The van der Waals surface area contributed by atoms with Crippen LogP contribution in [0, 0.1) is 5.92 Å². The van der Waals surface area contributed by atoms with Crippen LogP contribution in [0.25, 0.3) is 15.9 Å². The molecule has 1 amide bonds. The van der Waals surface area contributed by atoms with Gasteiger partial charge in [0.2, 0.25) is 5.91 Å². The highest BCUT2D eigenvalue weighted by molar-refractivity contribution is 7.19. The van der Waals surface area contributed by atoms with E-state index in [-0.39, 0.29) is 18.1 Å². The molecular formula is C22H23N5O3S. The third kappa shape index (κ3) is 3.59. The molecule has 0 fully saturated rings. The molecule has 1 unspecified atom stereocenters. The zero-order valence-electron chi connectivity index (χ0n) is 17.4. The van der Waals surface area contributed by atoms with Gasteiger partial charge in [-0.25, -0.2) is 18.9 Å². The summed E-state index contributed by atoms with van der Waals surface area (Å²) >= 11 is 1.69. The van der Waals surface area contributed by atoms with E-state index in [0.29, 0.717) is 18.1 Å². The largest absolute Gasteiger partial charge is 0.497 e. The Hall–Kier alpha value is -3.20. The number of aromatic nitrogens is 4. The fourth-order valence-corrected chi connectivity index (χ4v) is 5.49. The van der Waals surface area contributed by atoms with Crippen molar-refractivity contribution in [3.05, 3.63) is 57.1 Å². The second-order valence-electron chi connectivity index (χ2n) is 8.04. The molecule has 5 rings (SSSR count). The fraction of sp³-hybridized carbons (Fsp3) is 0.364. The molecule has 0 saturated heterocycles. The predicted molar refractivity (Wildman–Crippen MR) is 119 cm³/mol. The zero-order valence-corrected chi connectivity index (χ0v) is 18.2. The molecule has 0 spiro atoms. The van der Waals surface area contributed by atoms with Crippen molar-refractivity contribution >= 4 is 33.1 Å². The van der Waals surface area contributed by atoms with Crippen LogP contribution in [0.4, 0.5) is 0 Å². The van der Waals surface area contributed by atoms with E-state index in [2.05, 4.69) is 22.3 Å². The number of fused-ring (bicyclic) bond motifs is 5. The monoisotopic (exact) mass is 437 g/mol. The van der Waals surface area contributed by atoms with Crippen molar-refractivity contribution in [2.75, 3.05) is 7.11 Å². The number of thiophene rings is 1. The van der Waals surface area contributed by atoms with Gasteiger partial charge in [0.25, 0.3) is 0 Å². The summed E-state index contributed by atoms with van der Waals surface area (Å²) in [6.07, 6.45) is 4.65. The number of nitrogens with zero attached hydrogens (tertiary/aromatic N) is 4. The Kier molecular flexibility index (Phi) is 4.97. The van der Waals surface area contributed by atoms with Crippen LogP contribution in [0.3, 0.4) is 0 Å². The van der Waals surface area contributed by atoms with E-state index in [9.17, 15) is 9.59 Å². The summed E-state index contributed by atoms with van der Waals surface area (Å²) in [6, 6.07) is 7.48. The minimum absolute atomic E-state index is 0.144. The molecule has 1 atom stereocenters. The fourth-order valence-electron chi connectivity index (χ4n) is 4.14. The normalized spacial score (nSPS) is 15.9. The summed E-state index contributed by atoms with van der Waals surface area (Å²) < 4.78 is 7.87. The lowest BCUT2D eigenvalue weighted by molar-refractivity contribution is -0.122. The summed E-state index contributed by atoms with van der Waals surface area (Å²) in [5.74, 6) is 1.11. The van der Waals surface area contributed by atoms with Gasteiger partial charge in [-0.15, -0.1) is 16.4 Å². The number of nitrogens with one attached hydrogen (secondary N) is 1. The van der Waals surface area contributed by atoms with Gasteiger partial charge in [-0.2, -0.15) is 0 Å². The number of aryl methyl sites for hydroxylation is 1. The van der Waals surface area contributed by atoms with E-state index in [1.54, 1.807) is 18.4 Å². The number of carbonyl (C=O) groups is 1. The lowest BCUT2D eigenvalue weighted by Gasteiger charge is -2.17. The molecule has 1 aliphatic rings. The zero-order chi connectivity index (χ0) is 21.5. The molecule has 3 aromatic heterocycles. The van der Waals surface area contributed by atoms with Gasteiger partial charge in [0, 0.05) is 11.4 Å². The van der Waals surface area contributed by atoms with Crippen molar-refractivity contribution in [1.29, 1.82) is 0 Å². The lowest BCUT2D eigenvalue weighted by Crippen LogP contribution is -2.32. The second kappa shape index (κ2) is 7.81. The Morgan fingerprint density at radius 3 is 3.10 bits per heavy atom. The maximum atomic E-state index is 12.8. The number of hydrogen-bond acceptors (Lipinski definition) is 6.